The highest BCUT2D eigenvalue weighted by atomic mass is 16.5. The number of aromatic nitrogens is 3. The lowest BCUT2D eigenvalue weighted by Gasteiger charge is -2.06. The van der Waals surface area contributed by atoms with Crippen molar-refractivity contribution in [2.75, 3.05) is 6.54 Å². The third kappa shape index (κ3) is 3.81. The summed E-state index contributed by atoms with van der Waals surface area (Å²) in [4.78, 5) is 11.9. The molecule has 1 N–H and O–H groups in total. The molecule has 0 bridgehead atoms. The first-order chi connectivity index (χ1) is 13.6. The lowest BCUT2D eigenvalue weighted by Crippen LogP contribution is -2.25. The zero-order chi connectivity index (χ0) is 19.5. The molecule has 0 saturated carbocycles. The number of carbonyl (C=O) groups excluding carboxylic acids is 1. The zero-order valence-corrected chi connectivity index (χ0v) is 16.0. The number of carbonyl (C=O) groups is 1. The van der Waals surface area contributed by atoms with E-state index < -0.39 is 0 Å². The molecule has 2 aromatic carbocycles. The third-order valence-electron chi connectivity index (χ3n) is 4.82. The van der Waals surface area contributed by atoms with E-state index in [0.29, 0.717) is 18.0 Å². The van der Waals surface area contributed by atoms with Gasteiger partial charge < -0.3 is 9.84 Å². The lowest BCUT2D eigenvalue weighted by molar-refractivity contribution is 0.0944. The van der Waals surface area contributed by atoms with Crippen LogP contribution < -0.4 is 5.32 Å². The van der Waals surface area contributed by atoms with Crippen molar-refractivity contribution in [1.82, 2.24) is 20.3 Å². The van der Waals surface area contributed by atoms with Gasteiger partial charge in [0.15, 0.2) is 5.69 Å². The molecule has 1 amide bonds. The van der Waals surface area contributed by atoms with Gasteiger partial charge in [-0.15, -0.1) is 0 Å². The summed E-state index contributed by atoms with van der Waals surface area (Å²) in [6.07, 6.45) is 3.66. The maximum Gasteiger partial charge on any atom is 0.273 e. The molecular weight excluding hydrogens is 352 g/mol. The van der Waals surface area contributed by atoms with Gasteiger partial charge in [-0.05, 0) is 48.6 Å². The van der Waals surface area contributed by atoms with Crippen LogP contribution in [0.1, 0.15) is 28.2 Å². The summed E-state index contributed by atoms with van der Waals surface area (Å²) in [7, 11) is 1.95. The Morgan fingerprint density at radius 1 is 1.11 bits per heavy atom. The first-order valence-corrected chi connectivity index (χ1v) is 9.33. The van der Waals surface area contributed by atoms with Gasteiger partial charge in [-0.1, -0.05) is 35.5 Å². The van der Waals surface area contributed by atoms with Crippen molar-refractivity contribution >= 4 is 16.8 Å². The molecule has 0 fully saturated rings. The van der Waals surface area contributed by atoms with Crippen molar-refractivity contribution in [1.29, 1.82) is 0 Å². The van der Waals surface area contributed by atoms with Crippen LogP contribution in [0.5, 0.6) is 0 Å². The average molecular weight is 374 g/mol. The minimum Gasteiger partial charge on any atom is -0.361 e. The molecule has 142 valence electrons. The molecule has 4 rings (SSSR count). The van der Waals surface area contributed by atoms with Gasteiger partial charge in [0, 0.05) is 25.0 Å². The molecule has 0 atom stereocenters. The summed E-state index contributed by atoms with van der Waals surface area (Å²) in [5.41, 5.74) is 5.07. The number of rotatable bonds is 6. The molecule has 2 aromatic heterocycles. The van der Waals surface area contributed by atoms with E-state index >= 15 is 0 Å². The second-order valence-corrected chi connectivity index (χ2v) is 6.92. The fourth-order valence-electron chi connectivity index (χ4n) is 3.27. The molecule has 2 heterocycles. The van der Waals surface area contributed by atoms with E-state index in [9.17, 15) is 4.79 Å². The molecular formula is C22H22N4O2. The summed E-state index contributed by atoms with van der Waals surface area (Å²) in [5, 5.41) is 12.0. The summed E-state index contributed by atoms with van der Waals surface area (Å²) >= 11 is 0. The van der Waals surface area contributed by atoms with Crippen LogP contribution in [-0.2, 0) is 13.5 Å². The van der Waals surface area contributed by atoms with Crippen molar-refractivity contribution in [3.63, 3.8) is 0 Å². The van der Waals surface area contributed by atoms with Gasteiger partial charge in [-0.3, -0.25) is 9.48 Å². The molecule has 0 aliphatic carbocycles. The van der Waals surface area contributed by atoms with E-state index in [-0.39, 0.29) is 5.91 Å². The zero-order valence-electron chi connectivity index (χ0n) is 16.0. The minimum atomic E-state index is -0.196. The largest absolute Gasteiger partial charge is 0.361 e. The number of nitrogens with zero attached hydrogens (tertiary/aromatic N) is 3. The van der Waals surface area contributed by atoms with Crippen LogP contribution in [0.15, 0.2) is 59.3 Å². The maximum atomic E-state index is 11.9. The Morgan fingerprint density at radius 2 is 1.89 bits per heavy atom. The van der Waals surface area contributed by atoms with E-state index in [4.69, 9.17) is 4.52 Å². The number of hydrogen-bond donors (Lipinski definition) is 1. The van der Waals surface area contributed by atoms with E-state index in [0.717, 1.165) is 23.7 Å². The maximum absolute atomic E-state index is 11.9. The molecule has 0 radical (unpaired) electrons. The summed E-state index contributed by atoms with van der Waals surface area (Å²) in [6.45, 7) is 2.37. The molecule has 0 spiro atoms. The van der Waals surface area contributed by atoms with Crippen molar-refractivity contribution in [2.45, 2.75) is 19.8 Å². The highest BCUT2D eigenvalue weighted by Crippen LogP contribution is 2.24. The Hall–Kier alpha value is -3.41. The average Bonchev–Trinajstić information content (AvgIpc) is 3.31. The number of hydrogen-bond acceptors (Lipinski definition) is 4. The normalized spacial score (nSPS) is 11.1. The van der Waals surface area contributed by atoms with E-state index in [1.165, 1.54) is 16.7 Å². The van der Waals surface area contributed by atoms with Gasteiger partial charge >= 0.3 is 0 Å². The van der Waals surface area contributed by atoms with Crippen LogP contribution in [0.25, 0.3) is 22.0 Å². The van der Waals surface area contributed by atoms with Crippen LogP contribution in [0.3, 0.4) is 0 Å². The molecule has 28 heavy (non-hydrogen) atoms. The number of amides is 1. The van der Waals surface area contributed by atoms with Crippen molar-refractivity contribution in [3.05, 3.63) is 71.7 Å². The van der Waals surface area contributed by atoms with Gasteiger partial charge in [0.05, 0.1) is 11.7 Å². The van der Waals surface area contributed by atoms with Crippen LogP contribution in [0, 0.1) is 6.92 Å². The summed E-state index contributed by atoms with van der Waals surface area (Å²) < 4.78 is 6.80. The third-order valence-corrected chi connectivity index (χ3v) is 4.82. The molecule has 0 aliphatic heterocycles. The number of nitrogens with one attached hydrogen (secondary N) is 1. The minimum absolute atomic E-state index is 0.196. The van der Waals surface area contributed by atoms with Crippen molar-refractivity contribution < 1.29 is 9.32 Å². The first kappa shape index (κ1) is 18.0. The molecule has 4 aromatic rings. The van der Waals surface area contributed by atoms with Crippen LogP contribution in [0.4, 0.5) is 0 Å². The monoisotopic (exact) mass is 374 g/mol. The van der Waals surface area contributed by atoms with E-state index in [2.05, 4.69) is 58.0 Å². The van der Waals surface area contributed by atoms with Gasteiger partial charge in [0.1, 0.15) is 5.76 Å². The predicted octanol–water partition coefficient (Wildman–Crippen LogP) is 3.90. The Morgan fingerprint density at radius 3 is 2.64 bits per heavy atom. The molecule has 6 nitrogen and oxygen atoms in total. The van der Waals surface area contributed by atoms with Crippen LogP contribution in [-0.4, -0.2) is 27.4 Å². The van der Waals surface area contributed by atoms with Crippen molar-refractivity contribution in [2.24, 2.45) is 7.05 Å². The second kappa shape index (κ2) is 7.68. The van der Waals surface area contributed by atoms with Gasteiger partial charge in [-0.2, -0.15) is 5.10 Å². The fraction of sp³-hybridized carbons (Fsp3) is 0.227. The highest BCUT2D eigenvalue weighted by Gasteiger charge is 2.09. The lowest BCUT2D eigenvalue weighted by atomic mass is 10.0. The quantitative estimate of drug-likeness (QED) is 0.520. The second-order valence-electron chi connectivity index (χ2n) is 6.92. The SMILES string of the molecule is Cc1cc(C(=O)NCCCc2ccc(-c3ccc4c(cnn4C)c3)cc2)no1. The van der Waals surface area contributed by atoms with Gasteiger partial charge in [0.2, 0.25) is 0 Å². The molecule has 0 unspecified atom stereocenters. The number of aryl methyl sites for hydroxylation is 3. The number of benzene rings is 2. The Labute approximate surface area is 163 Å². The molecule has 6 heteroatoms. The Bertz CT molecular complexity index is 1110. The van der Waals surface area contributed by atoms with Gasteiger partial charge in [0.25, 0.3) is 5.91 Å². The predicted molar refractivity (Wildman–Crippen MR) is 108 cm³/mol. The van der Waals surface area contributed by atoms with Crippen LogP contribution >= 0.6 is 0 Å². The Balaban J connectivity index is 1.32. The first-order valence-electron chi connectivity index (χ1n) is 9.33. The molecule has 0 aliphatic rings. The van der Waals surface area contributed by atoms with E-state index in [1.807, 2.05) is 17.9 Å². The highest BCUT2D eigenvalue weighted by molar-refractivity contribution is 5.92. The topological polar surface area (TPSA) is 73.0 Å². The van der Waals surface area contributed by atoms with E-state index in [1.54, 1.807) is 13.0 Å². The molecule has 0 saturated heterocycles. The van der Waals surface area contributed by atoms with Crippen molar-refractivity contribution in [3.8, 4) is 11.1 Å². The summed E-state index contributed by atoms with van der Waals surface area (Å²) in [5.74, 6) is 0.436. The number of fused-ring (bicyclic) bond motifs is 1. The van der Waals surface area contributed by atoms with Crippen LogP contribution in [0.2, 0.25) is 0 Å². The van der Waals surface area contributed by atoms with Gasteiger partial charge in [-0.25, -0.2) is 0 Å². The Kier molecular flexibility index (Phi) is 4.93. The summed E-state index contributed by atoms with van der Waals surface area (Å²) in [6, 6.07) is 16.6. The smallest absolute Gasteiger partial charge is 0.273 e. The fourth-order valence-corrected chi connectivity index (χ4v) is 3.27. The standard InChI is InChI=1S/C22H22N4O2/c1-15-12-20(25-28-15)22(27)23-11-3-4-16-5-7-17(8-6-16)18-9-10-21-19(13-18)14-24-26(21)2/h5-10,12-14H,3-4,11H2,1-2H3,(H,23,27).